The molecular weight excluding hydrogens is 254 g/mol. The van der Waals surface area contributed by atoms with Crippen molar-refractivity contribution in [2.24, 2.45) is 5.73 Å². The Morgan fingerprint density at radius 2 is 2.13 bits per heavy atom. The quantitative estimate of drug-likeness (QED) is 0.662. The van der Waals surface area contributed by atoms with Crippen LogP contribution >= 0.6 is 34.8 Å². The smallest absolute Gasteiger partial charge is 0.148 e. The fraction of sp³-hybridized carbons (Fsp3) is 0.300. The van der Waals surface area contributed by atoms with Crippen LogP contribution in [0.15, 0.2) is 18.3 Å². The maximum absolute atomic E-state index is 5.99. The molecule has 5 heteroatoms. The van der Waals surface area contributed by atoms with Gasteiger partial charge in [-0.25, -0.2) is 4.98 Å². The second kappa shape index (κ2) is 5.17. The molecule has 1 aromatic rings. The molecule has 82 valence electrons. The summed E-state index contributed by atoms with van der Waals surface area (Å²) in [5.41, 5.74) is 7.54. The summed E-state index contributed by atoms with van der Waals surface area (Å²) in [6.07, 6.45) is 2.06. The molecule has 2 nitrogen and oxygen atoms in total. The highest BCUT2D eigenvalue weighted by molar-refractivity contribution is 6.43. The van der Waals surface area contributed by atoms with E-state index < -0.39 is 0 Å². The van der Waals surface area contributed by atoms with E-state index in [0.29, 0.717) is 22.0 Å². The molecule has 0 bridgehead atoms. The Hall–Kier alpha value is -0.280. The van der Waals surface area contributed by atoms with E-state index in [0.717, 1.165) is 5.57 Å². The summed E-state index contributed by atoms with van der Waals surface area (Å²) in [4.78, 5) is 3.82. The number of halogens is 3. The van der Waals surface area contributed by atoms with Crippen molar-refractivity contribution in [1.29, 1.82) is 0 Å². The molecule has 1 rings (SSSR count). The third kappa shape index (κ3) is 3.08. The number of hydrogen-bond acceptors (Lipinski definition) is 2. The van der Waals surface area contributed by atoms with E-state index in [2.05, 4.69) is 11.6 Å². The molecular formula is C10H11Cl3N2. The minimum atomic E-state index is -0.303. The number of nitrogens with two attached hydrogens (primary N) is 1. The second-order valence-electron chi connectivity index (χ2n) is 3.39. The van der Waals surface area contributed by atoms with Gasteiger partial charge in [0, 0.05) is 17.8 Å². The van der Waals surface area contributed by atoms with Crippen LogP contribution in [-0.4, -0.2) is 4.98 Å². The van der Waals surface area contributed by atoms with Crippen molar-refractivity contribution in [1.82, 2.24) is 4.98 Å². The fourth-order valence-electron chi connectivity index (χ4n) is 1.27. The molecule has 0 aliphatic carbocycles. The van der Waals surface area contributed by atoms with Crippen molar-refractivity contribution < 1.29 is 0 Å². The van der Waals surface area contributed by atoms with E-state index in [1.54, 1.807) is 0 Å². The zero-order valence-electron chi connectivity index (χ0n) is 8.23. The zero-order valence-corrected chi connectivity index (χ0v) is 10.5. The largest absolute Gasteiger partial charge is 0.324 e. The molecule has 2 N–H and O–H groups in total. The van der Waals surface area contributed by atoms with Gasteiger partial charge in [0.2, 0.25) is 0 Å². The van der Waals surface area contributed by atoms with Gasteiger partial charge in [0.25, 0.3) is 0 Å². The van der Waals surface area contributed by atoms with E-state index >= 15 is 0 Å². The predicted molar refractivity (Wildman–Crippen MR) is 65.6 cm³/mol. The lowest BCUT2D eigenvalue weighted by atomic mass is 10.0. The first kappa shape index (κ1) is 12.8. The van der Waals surface area contributed by atoms with Crippen molar-refractivity contribution in [3.8, 4) is 0 Å². The number of hydrogen-bond donors (Lipinski definition) is 1. The van der Waals surface area contributed by atoms with E-state index in [-0.39, 0.29) is 11.2 Å². The normalized spacial score (nSPS) is 12.6. The number of rotatable bonds is 3. The standard InChI is InChI=1S/C10H11Cl3N2/c1-5(2)3-7(14)8-6(11)4-15-10(13)9(8)12/h4,7H,1,3,14H2,2H3/t7-/m0/s1. The Kier molecular flexibility index (Phi) is 4.41. The summed E-state index contributed by atoms with van der Waals surface area (Å²) in [6.45, 7) is 5.68. The molecule has 15 heavy (non-hydrogen) atoms. The van der Waals surface area contributed by atoms with Gasteiger partial charge in [0.15, 0.2) is 0 Å². The SMILES string of the molecule is C=C(C)C[C@H](N)c1c(Cl)cnc(Cl)c1Cl. The summed E-state index contributed by atoms with van der Waals surface area (Å²) in [6, 6.07) is -0.303. The van der Waals surface area contributed by atoms with Crippen molar-refractivity contribution in [3.05, 3.63) is 39.1 Å². The van der Waals surface area contributed by atoms with Crippen LogP contribution < -0.4 is 5.73 Å². The van der Waals surface area contributed by atoms with Crippen LogP contribution in [0.3, 0.4) is 0 Å². The number of pyridine rings is 1. The Bertz CT molecular complexity index is 390. The van der Waals surface area contributed by atoms with Crippen LogP contribution in [-0.2, 0) is 0 Å². The Morgan fingerprint density at radius 3 is 2.67 bits per heavy atom. The highest BCUT2D eigenvalue weighted by Gasteiger charge is 2.17. The molecule has 1 atom stereocenters. The molecule has 0 unspecified atom stereocenters. The average Bonchev–Trinajstić information content (AvgIpc) is 2.11. The maximum Gasteiger partial charge on any atom is 0.148 e. The first-order chi connectivity index (χ1) is 6.93. The topological polar surface area (TPSA) is 38.9 Å². The van der Waals surface area contributed by atoms with Crippen molar-refractivity contribution >= 4 is 34.8 Å². The molecule has 0 saturated carbocycles. The molecule has 0 amide bonds. The summed E-state index contributed by atoms with van der Waals surface area (Å²) < 4.78 is 0. The highest BCUT2D eigenvalue weighted by Crippen LogP contribution is 2.34. The van der Waals surface area contributed by atoms with Gasteiger partial charge in [-0.1, -0.05) is 40.4 Å². The van der Waals surface area contributed by atoms with Crippen molar-refractivity contribution in [3.63, 3.8) is 0 Å². The monoisotopic (exact) mass is 264 g/mol. The summed E-state index contributed by atoms with van der Waals surface area (Å²) in [5.74, 6) is 0. The molecule has 0 aromatic carbocycles. The molecule has 0 spiro atoms. The van der Waals surface area contributed by atoms with Gasteiger partial charge in [0.05, 0.1) is 10.0 Å². The lowest BCUT2D eigenvalue weighted by molar-refractivity contribution is 0.716. The number of nitrogens with zero attached hydrogens (tertiary/aromatic N) is 1. The van der Waals surface area contributed by atoms with Gasteiger partial charge >= 0.3 is 0 Å². The van der Waals surface area contributed by atoms with Crippen LogP contribution in [0.5, 0.6) is 0 Å². The van der Waals surface area contributed by atoms with Crippen LogP contribution in [0, 0.1) is 0 Å². The summed E-state index contributed by atoms with van der Waals surface area (Å²) in [7, 11) is 0. The Balaban J connectivity index is 3.12. The third-order valence-electron chi connectivity index (χ3n) is 1.91. The molecule has 1 heterocycles. The Labute approximate surface area is 104 Å². The molecule has 0 radical (unpaired) electrons. The lowest BCUT2D eigenvalue weighted by Crippen LogP contribution is -2.12. The van der Waals surface area contributed by atoms with Gasteiger partial charge in [-0.05, 0) is 13.3 Å². The van der Waals surface area contributed by atoms with Crippen LogP contribution in [0.25, 0.3) is 0 Å². The molecule has 0 saturated heterocycles. The average molecular weight is 266 g/mol. The summed E-state index contributed by atoms with van der Waals surface area (Å²) in [5, 5.41) is 0.962. The highest BCUT2D eigenvalue weighted by atomic mass is 35.5. The van der Waals surface area contributed by atoms with E-state index in [4.69, 9.17) is 40.5 Å². The molecule has 1 aromatic heterocycles. The fourth-order valence-corrected chi connectivity index (χ4v) is 2.05. The third-order valence-corrected chi connectivity index (χ3v) is 2.97. The minimum absolute atomic E-state index is 0.216. The van der Waals surface area contributed by atoms with Gasteiger partial charge in [0.1, 0.15) is 5.15 Å². The van der Waals surface area contributed by atoms with Crippen LogP contribution in [0.2, 0.25) is 15.2 Å². The van der Waals surface area contributed by atoms with Gasteiger partial charge < -0.3 is 5.73 Å². The molecule has 0 aliphatic heterocycles. The van der Waals surface area contributed by atoms with E-state index in [1.165, 1.54) is 6.20 Å². The van der Waals surface area contributed by atoms with Gasteiger partial charge in [-0.2, -0.15) is 0 Å². The molecule has 0 aliphatic rings. The first-order valence-corrected chi connectivity index (χ1v) is 5.46. The number of aromatic nitrogens is 1. The molecule has 0 fully saturated rings. The van der Waals surface area contributed by atoms with Crippen molar-refractivity contribution in [2.75, 3.05) is 0 Å². The van der Waals surface area contributed by atoms with Gasteiger partial charge in [-0.3, -0.25) is 0 Å². The maximum atomic E-state index is 5.99. The Morgan fingerprint density at radius 1 is 1.53 bits per heavy atom. The lowest BCUT2D eigenvalue weighted by Gasteiger charge is -2.15. The van der Waals surface area contributed by atoms with Crippen molar-refractivity contribution in [2.45, 2.75) is 19.4 Å². The first-order valence-electron chi connectivity index (χ1n) is 4.32. The van der Waals surface area contributed by atoms with Crippen LogP contribution in [0.4, 0.5) is 0 Å². The van der Waals surface area contributed by atoms with E-state index in [1.807, 2.05) is 6.92 Å². The van der Waals surface area contributed by atoms with E-state index in [9.17, 15) is 0 Å². The summed E-state index contributed by atoms with van der Waals surface area (Å²) >= 11 is 17.7. The van der Waals surface area contributed by atoms with Crippen LogP contribution in [0.1, 0.15) is 24.9 Å². The predicted octanol–water partition coefficient (Wildman–Crippen LogP) is 4.01. The second-order valence-corrected chi connectivity index (χ2v) is 4.54. The van der Waals surface area contributed by atoms with Gasteiger partial charge in [-0.15, -0.1) is 6.58 Å². The minimum Gasteiger partial charge on any atom is -0.324 e. The zero-order chi connectivity index (χ0) is 11.6.